The number of rotatable bonds is 7. The van der Waals surface area contributed by atoms with Gasteiger partial charge in [0.1, 0.15) is 5.82 Å². The second-order valence-electron chi connectivity index (χ2n) is 7.60. The number of sulfonamides is 1. The monoisotopic (exact) mass is 548 g/mol. The maximum absolute atomic E-state index is 13.5. The summed E-state index contributed by atoms with van der Waals surface area (Å²) in [7, 11) is 1.26. The van der Waals surface area contributed by atoms with Crippen LogP contribution < -0.4 is 10.6 Å². The van der Waals surface area contributed by atoms with Crippen molar-refractivity contribution in [1.29, 1.82) is 0 Å². The van der Waals surface area contributed by atoms with Crippen LogP contribution in [0.3, 0.4) is 0 Å². The lowest BCUT2D eigenvalue weighted by atomic mass is 9.84. The molecule has 2 rings (SSSR count). The number of hydrogen-bond donors (Lipinski definition) is 2. The van der Waals surface area contributed by atoms with Crippen LogP contribution in [0.4, 0.5) is 4.39 Å². The lowest BCUT2D eigenvalue weighted by Crippen LogP contribution is -2.43. The number of nitrogens with zero attached hydrogens (tertiary/aromatic N) is 2. The molecule has 0 fully saturated rings. The molecule has 0 atom stereocenters. The van der Waals surface area contributed by atoms with Crippen LogP contribution >= 0.6 is 24.0 Å². The normalized spacial score (nSPS) is 12.4. The van der Waals surface area contributed by atoms with Gasteiger partial charge in [-0.05, 0) is 35.4 Å². The molecule has 0 unspecified atom stereocenters. The Morgan fingerprint density at radius 2 is 1.73 bits per heavy atom. The molecule has 6 nitrogen and oxygen atoms in total. The fraction of sp³-hybridized carbons (Fsp3) is 0.381. The quantitative estimate of drug-likeness (QED) is 0.317. The van der Waals surface area contributed by atoms with Gasteiger partial charge in [0.25, 0.3) is 0 Å². The predicted octanol–water partition coefficient (Wildman–Crippen LogP) is 3.34. The molecular formula is C21H30FIN4O2S. The smallest absolute Gasteiger partial charge is 0.242 e. The van der Waals surface area contributed by atoms with Crippen LogP contribution in [0.15, 0.2) is 58.4 Å². The summed E-state index contributed by atoms with van der Waals surface area (Å²) in [5.41, 5.74) is 1.54. The minimum Gasteiger partial charge on any atom is -0.356 e. The van der Waals surface area contributed by atoms with Gasteiger partial charge in [-0.2, -0.15) is 0 Å². The third-order valence-electron chi connectivity index (χ3n) is 4.69. The highest BCUT2D eigenvalue weighted by atomic mass is 127. The first-order valence-corrected chi connectivity index (χ1v) is 10.7. The topological polar surface area (TPSA) is 73.8 Å². The summed E-state index contributed by atoms with van der Waals surface area (Å²) in [6.07, 6.45) is 0. The van der Waals surface area contributed by atoms with Gasteiger partial charge in [-0.1, -0.05) is 38.1 Å². The Balaban J connectivity index is 0.00000450. The number of halogens is 2. The number of aliphatic imine (C=N–C) groups is 1. The Kier molecular flexibility index (Phi) is 9.70. The van der Waals surface area contributed by atoms with Gasteiger partial charge in [0.2, 0.25) is 10.0 Å². The van der Waals surface area contributed by atoms with Crippen molar-refractivity contribution in [2.45, 2.75) is 30.7 Å². The van der Waals surface area contributed by atoms with Crippen molar-refractivity contribution in [3.63, 3.8) is 0 Å². The average molecular weight is 548 g/mol. The van der Waals surface area contributed by atoms with E-state index < -0.39 is 10.0 Å². The van der Waals surface area contributed by atoms with Gasteiger partial charge in [0, 0.05) is 39.6 Å². The Labute approximate surface area is 196 Å². The summed E-state index contributed by atoms with van der Waals surface area (Å²) in [6, 6.07) is 13.3. The first kappa shape index (κ1) is 26.3. The third-order valence-corrected chi connectivity index (χ3v) is 6.52. The van der Waals surface area contributed by atoms with Gasteiger partial charge < -0.3 is 10.6 Å². The van der Waals surface area contributed by atoms with Gasteiger partial charge in [-0.25, -0.2) is 17.1 Å². The van der Waals surface area contributed by atoms with Crippen molar-refractivity contribution in [2.24, 2.45) is 4.99 Å². The Bertz CT molecular complexity index is 961. The van der Waals surface area contributed by atoms with Gasteiger partial charge in [0.15, 0.2) is 5.96 Å². The molecule has 166 valence electrons. The van der Waals surface area contributed by atoms with Crippen LogP contribution in [0.2, 0.25) is 0 Å². The zero-order chi connectivity index (χ0) is 21.7. The minimum absolute atomic E-state index is 0. The Morgan fingerprint density at radius 3 is 2.27 bits per heavy atom. The van der Waals surface area contributed by atoms with Gasteiger partial charge in [-0.15, -0.1) is 24.0 Å². The number of nitrogens with one attached hydrogen (secondary N) is 2. The molecule has 0 heterocycles. The Morgan fingerprint density at radius 1 is 1.10 bits per heavy atom. The molecule has 2 aromatic carbocycles. The summed E-state index contributed by atoms with van der Waals surface area (Å²) < 4.78 is 39.0. The van der Waals surface area contributed by atoms with Gasteiger partial charge in [-0.3, -0.25) is 4.99 Å². The van der Waals surface area contributed by atoms with Crippen molar-refractivity contribution in [3.05, 3.63) is 65.5 Å². The van der Waals surface area contributed by atoms with E-state index in [1.165, 1.54) is 24.5 Å². The molecule has 0 spiro atoms. The lowest BCUT2D eigenvalue weighted by molar-refractivity contribution is 0.503. The summed E-state index contributed by atoms with van der Waals surface area (Å²) in [5, 5.41) is 6.47. The second-order valence-corrected chi connectivity index (χ2v) is 9.76. The van der Waals surface area contributed by atoms with E-state index >= 15 is 0 Å². The standard InChI is InChI=1S/C21H29FN4O2S.HI/c1-21(2,17-7-6-8-18(22)13-17)15-25-20(23-3)24-14-16-9-11-19(12-10-16)29(27,28)26(4)5;/h6-13H,14-15H2,1-5H3,(H2,23,24,25);1H. The average Bonchev–Trinajstić information content (AvgIpc) is 2.68. The molecule has 0 aromatic heterocycles. The van der Waals surface area contributed by atoms with Crippen LogP contribution in [0, 0.1) is 5.82 Å². The Hall–Kier alpha value is -1.72. The summed E-state index contributed by atoms with van der Waals surface area (Å²) in [4.78, 5) is 4.47. The molecule has 0 amide bonds. The highest BCUT2D eigenvalue weighted by molar-refractivity contribution is 14.0. The number of guanidine groups is 1. The molecule has 2 aromatic rings. The molecular weight excluding hydrogens is 518 g/mol. The molecule has 0 bridgehead atoms. The fourth-order valence-corrected chi connectivity index (χ4v) is 3.61. The van der Waals surface area contributed by atoms with Crippen molar-refractivity contribution in [1.82, 2.24) is 14.9 Å². The molecule has 0 saturated carbocycles. The highest BCUT2D eigenvalue weighted by Gasteiger charge is 2.21. The number of hydrogen-bond acceptors (Lipinski definition) is 3. The van der Waals surface area contributed by atoms with E-state index in [0.717, 1.165) is 11.1 Å². The fourth-order valence-electron chi connectivity index (χ4n) is 2.71. The van der Waals surface area contributed by atoms with Crippen molar-refractivity contribution < 1.29 is 12.8 Å². The molecule has 2 N–H and O–H groups in total. The predicted molar refractivity (Wildman–Crippen MR) is 130 cm³/mol. The SMILES string of the molecule is CN=C(NCc1ccc(S(=O)(=O)N(C)C)cc1)NCC(C)(C)c1cccc(F)c1.I. The van der Waals surface area contributed by atoms with E-state index in [4.69, 9.17) is 0 Å². The van der Waals surface area contributed by atoms with Crippen molar-refractivity contribution in [3.8, 4) is 0 Å². The summed E-state index contributed by atoms with van der Waals surface area (Å²) in [6.45, 7) is 5.12. The molecule has 9 heteroatoms. The second kappa shape index (κ2) is 11.1. The van der Waals surface area contributed by atoms with Crippen molar-refractivity contribution >= 4 is 40.0 Å². The van der Waals surface area contributed by atoms with E-state index in [0.29, 0.717) is 19.0 Å². The number of benzene rings is 2. The largest absolute Gasteiger partial charge is 0.356 e. The molecule has 0 radical (unpaired) electrons. The van der Waals surface area contributed by atoms with Crippen LogP contribution in [-0.4, -0.2) is 46.4 Å². The van der Waals surface area contributed by atoms with Crippen LogP contribution in [0.25, 0.3) is 0 Å². The van der Waals surface area contributed by atoms with E-state index in [1.807, 2.05) is 19.9 Å². The molecule has 0 aliphatic carbocycles. The zero-order valence-electron chi connectivity index (χ0n) is 17.9. The van der Waals surface area contributed by atoms with Crippen LogP contribution in [-0.2, 0) is 22.0 Å². The summed E-state index contributed by atoms with van der Waals surface area (Å²) in [5.74, 6) is 0.359. The molecule has 0 aliphatic rings. The first-order valence-electron chi connectivity index (χ1n) is 9.28. The van der Waals surface area contributed by atoms with Crippen LogP contribution in [0.5, 0.6) is 0 Å². The van der Waals surface area contributed by atoms with Gasteiger partial charge in [0.05, 0.1) is 4.90 Å². The minimum atomic E-state index is -3.43. The first-order chi connectivity index (χ1) is 13.6. The maximum atomic E-state index is 13.5. The third kappa shape index (κ3) is 6.92. The zero-order valence-corrected chi connectivity index (χ0v) is 21.1. The summed E-state index contributed by atoms with van der Waals surface area (Å²) >= 11 is 0. The van der Waals surface area contributed by atoms with Crippen molar-refractivity contribution in [2.75, 3.05) is 27.7 Å². The molecule has 0 aliphatic heterocycles. The van der Waals surface area contributed by atoms with Crippen LogP contribution in [0.1, 0.15) is 25.0 Å². The van der Waals surface area contributed by atoms with E-state index in [2.05, 4.69) is 15.6 Å². The highest BCUT2D eigenvalue weighted by Crippen LogP contribution is 2.22. The van der Waals surface area contributed by atoms with Gasteiger partial charge >= 0.3 is 0 Å². The lowest BCUT2D eigenvalue weighted by Gasteiger charge is -2.27. The maximum Gasteiger partial charge on any atom is 0.242 e. The van der Waals surface area contributed by atoms with E-state index in [1.54, 1.807) is 43.4 Å². The van der Waals surface area contributed by atoms with E-state index in [9.17, 15) is 12.8 Å². The molecule has 0 saturated heterocycles. The van der Waals surface area contributed by atoms with E-state index in [-0.39, 0.29) is 40.1 Å². The molecule has 30 heavy (non-hydrogen) atoms.